The number of rotatable bonds is 1. The molecule has 1 aromatic rings. The average Bonchev–Trinajstić information content (AvgIpc) is 2.12. The second-order valence-corrected chi connectivity index (χ2v) is 1.58. The molecule has 3 heteroatoms. The van der Waals surface area contributed by atoms with Crippen LogP contribution in [-0.2, 0) is 0 Å². The van der Waals surface area contributed by atoms with Crippen molar-refractivity contribution < 1.29 is 4.42 Å². The minimum atomic E-state index is -0.409. The Morgan fingerprint density at radius 2 is 2.25 bits per heavy atom. The highest BCUT2D eigenvalue weighted by molar-refractivity contribution is 5.08. The lowest BCUT2D eigenvalue weighted by Crippen LogP contribution is -2.18. The maximum Gasteiger partial charge on any atom is 0.0963 e. The normalized spacial score (nSPS) is 10.4. The fourth-order valence-corrected chi connectivity index (χ4v) is 0.465. The number of nitrogens with two attached hydrogens (primary N) is 2. The van der Waals surface area contributed by atoms with Crippen LogP contribution in [0.2, 0.25) is 0 Å². The Kier molecular flexibility index (Phi) is 1.32. The molecule has 8 heavy (non-hydrogen) atoms. The van der Waals surface area contributed by atoms with Gasteiger partial charge in [0.05, 0.1) is 18.7 Å². The monoisotopic (exact) mass is 112 g/mol. The molecule has 0 aliphatic carbocycles. The largest absolute Gasteiger partial charge is 0.472 e. The fraction of sp³-hybridized carbons (Fsp3) is 0.200. The van der Waals surface area contributed by atoms with Crippen molar-refractivity contribution in [1.82, 2.24) is 0 Å². The zero-order chi connectivity index (χ0) is 5.98. The van der Waals surface area contributed by atoms with E-state index < -0.39 is 6.17 Å². The van der Waals surface area contributed by atoms with Crippen molar-refractivity contribution in [2.45, 2.75) is 6.17 Å². The predicted molar refractivity (Wildman–Crippen MR) is 29.8 cm³/mol. The first-order valence-electron chi connectivity index (χ1n) is 2.34. The minimum absolute atomic E-state index is 0.409. The molecule has 44 valence electrons. The molecule has 1 rings (SSSR count). The molecule has 0 radical (unpaired) electrons. The molecule has 0 saturated heterocycles. The number of hydrogen-bond donors (Lipinski definition) is 2. The smallest absolute Gasteiger partial charge is 0.0963 e. The Bertz CT molecular complexity index is 145. The molecule has 0 atom stereocenters. The average molecular weight is 112 g/mol. The van der Waals surface area contributed by atoms with E-state index in [0.29, 0.717) is 0 Å². The van der Waals surface area contributed by atoms with E-state index >= 15 is 0 Å². The molecule has 0 aliphatic rings. The maximum atomic E-state index is 5.28. The Hall–Kier alpha value is -0.800. The van der Waals surface area contributed by atoms with E-state index in [4.69, 9.17) is 15.9 Å². The van der Waals surface area contributed by atoms with E-state index in [9.17, 15) is 0 Å². The first-order valence-corrected chi connectivity index (χ1v) is 2.34. The first kappa shape index (κ1) is 5.34. The Morgan fingerprint density at radius 3 is 2.50 bits per heavy atom. The van der Waals surface area contributed by atoms with Gasteiger partial charge in [0, 0.05) is 5.56 Å². The van der Waals surface area contributed by atoms with E-state index in [2.05, 4.69) is 0 Å². The van der Waals surface area contributed by atoms with E-state index in [1.54, 1.807) is 12.3 Å². The minimum Gasteiger partial charge on any atom is -0.472 e. The van der Waals surface area contributed by atoms with Gasteiger partial charge in [-0.2, -0.15) is 0 Å². The van der Waals surface area contributed by atoms with Gasteiger partial charge in [-0.05, 0) is 6.07 Å². The Morgan fingerprint density at radius 1 is 1.50 bits per heavy atom. The molecule has 0 aromatic carbocycles. The molecule has 0 saturated carbocycles. The van der Waals surface area contributed by atoms with Gasteiger partial charge in [0.15, 0.2) is 0 Å². The van der Waals surface area contributed by atoms with Crippen molar-refractivity contribution in [2.75, 3.05) is 0 Å². The van der Waals surface area contributed by atoms with E-state index in [0.717, 1.165) is 5.56 Å². The highest BCUT2D eigenvalue weighted by atomic mass is 16.3. The fourth-order valence-electron chi connectivity index (χ4n) is 0.465. The molecular formula is C5H8N2O. The van der Waals surface area contributed by atoms with Gasteiger partial charge >= 0.3 is 0 Å². The first-order chi connectivity index (χ1) is 3.80. The third-order valence-electron chi connectivity index (χ3n) is 0.928. The van der Waals surface area contributed by atoms with Crippen molar-refractivity contribution in [3.05, 3.63) is 24.2 Å². The van der Waals surface area contributed by atoms with Crippen molar-refractivity contribution >= 4 is 0 Å². The van der Waals surface area contributed by atoms with Crippen LogP contribution >= 0.6 is 0 Å². The van der Waals surface area contributed by atoms with Gasteiger partial charge in [0.1, 0.15) is 0 Å². The second kappa shape index (κ2) is 1.98. The van der Waals surface area contributed by atoms with Gasteiger partial charge in [-0.1, -0.05) is 0 Å². The summed E-state index contributed by atoms with van der Waals surface area (Å²) in [6.07, 6.45) is 2.67. The summed E-state index contributed by atoms with van der Waals surface area (Å²) in [4.78, 5) is 0. The van der Waals surface area contributed by atoms with E-state index in [-0.39, 0.29) is 0 Å². The zero-order valence-electron chi connectivity index (χ0n) is 4.37. The highest BCUT2D eigenvalue weighted by Crippen LogP contribution is 2.03. The lowest BCUT2D eigenvalue weighted by Gasteiger charge is -1.96. The van der Waals surface area contributed by atoms with Gasteiger partial charge in [-0.15, -0.1) is 0 Å². The third-order valence-corrected chi connectivity index (χ3v) is 0.928. The Balaban J connectivity index is 2.77. The van der Waals surface area contributed by atoms with Crippen LogP contribution in [0.25, 0.3) is 0 Å². The van der Waals surface area contributed by atoms with Gasteiger partial charge in [-0.25, -0.2) is 0 Å². The van der Waals surface area contributed by atoms with E-state index in [1.807, 2.05) is 0 Å². The molecule has 0 unspecified atom stereocenters. The molecule has 0 amide bonds. The second-order valence-electron chi connectivity index (χ2n) is 1.58. The van der Waals surface area contributed by atoms with Crippen LogP contribution in [-0.4, -0.2) is 0 Å². The lowest BCUT2D eigenvalue weighted by molar-refractivity contribution is 0.560. The van der Waals surface area contributed by atoms with Gasteiger partial charge in [0.2, 0.25) is 0 Å². The van der Waals surface area contributed by atoms with Crippen LogP contribution in [0.15, 0.2) is 23.0 Å². The van der Waals surface area contributed by atoms with Crippen LogP contribution in [0.1, 0.15) is 11.7 Å². The molecule has 1 aromatic heterocycles. The van der Waals surface area contributed by atoms with Crippen LogP contribution in [0.5, 0.6) is 0 Å². The summed E-state index contributed by atoms with van der Waals surface area (Å²) in [5.41, 5.74) is 11.4. The molecule has 3 nitrogen and oxygen atoms in total. The standard InChI is InChI=1S/C5H8N2O/c6-5(7)4-1-2-8-3-4/h1-3,5H,6-7H2. The quantitative estimate of drug-likeness (QED) is 0.510. The SMILES string of the molecule is NC(N)c1ccoc1. The topological polar surface area (TPSA) is 65.2 Å². The van der Waals surface area contributed by atoms with Gasteiger partial charge < -0.3 is 15.9 Å². The molecule has 0 bridgehead atoms. The van der Waals surface area contributed by atoms with Crippen molar-refractivity contribution in [3.8, 4) is 0 Å². The lowest BCUT2D eigenvalue weighted by atomic mass is 10.3. The van der Waals surface area contributed by atoms with Gasteiger partial charge in [0.25, 0.3) is 0 Å². The van der Waals surface area contributed by atoms with Crippen molar-refractivity contribution in [1.29, 1.82) is 0 Å². The van der Waals surface area contributed by atoms with Crippen LogP contribution in [0, 0.1) is 0 Å². The Labute approximate surface area is 47.3 Å². The highest BCUT2D eigenvalue weighted by Gasteiger charge is 1.97. The van der Waals surface area contributed by atoms with Crippen LogP contribution in [0.4, 0.5) is 0 Å². The van der Waals surface area contributed by atoms with Crippen molar-refractivity contribution in [2.24, 2.45) is 11.5 Å². The molecule has 0 fully saturated rings. The summed E-state index contributed by atoms with van der Waals surface area (Å²) < 4.78 is 4.72. The van der Waals surface area contributed by atoms with Crippen LogP contribution in [0.3, 0.4) is 0 Å². The summed E-state index contributed by atoms with van der Waals surface area (Å²) in [5.74, 6) is 0. The number of hydrogen-bond acceptors (Lipinski definition) is 3. The maximum absolute atomic E-state index is 5.28. The van der Waals surface area contributed by atoms with Gasteiger partial charge in [-0.3, -0.25) is 0 Å². The molecule has 4 N–H and O–H groups in total. The summed E-state index contributed by atoms with van der Waals surface area (Å²) >= 11 is 0. The molecule has 0 spiro atoms. The predicted octanol–water partition coefficient (Wildman–Crippen LogP) is 0.196. The van der Waals surface area contributed by atoms with Crippen molar-refractivity contribution in [3.63, 3.8) is 0 Å². The molecular weight excluding hydrogens is 104 g/mol. The summed E-state index contributed by atoms with van der Waals surface area (Å²) in [6, 6.07) is 1.74. The molecule has 1 heterocycles. The third kappa shape index (κ3) is 0.882. The van der Waals surface area contributed by atoms with E-state index in [1.165, 1.54) is 6.26 Å². The van der Waals surface area contributed by atoms with Crippen LogP contribution < -0.4 is 11.5 Å². The number of furan rings is 1. The summed E-state index contributed by atoms with van der Waals surface area (Å²) in [6.45, 7) is 0. The molecule has 0 aliphatic heterocycles. The summed E-state index contributed by atoms with van der Waals surface area (Å²) in [7, 11) is 0. The summed E-state index contributed by atoms with van der Waals surface area (Å²) in [5, 5.41) is 0. The zero-order valence-corrected chi connectivity index (χ0v) is 4.37.